The van der Waals surface area contributed by atoms with E-state index in [-0.39, 0.29) is 29.4 Å². The maximum Gasteiger partial charge on any atom is 0.191 e. The van der Waals surface area contributed by atoms with Gasteiger partial charge in [0.1, 0.15) is 0 Å². The predicted molar refractivity (Wildman–Crippen MR) is 124 cm³/mol. The molecule has 0 amide bonds. The number of guanidine groups is 1. The number of halogens is 1. The number of aromatic nitrogens is 1. The molecule has 2 rings (SSSR count). The third kappa shape index (κ3) is 7.31. The van der Waals surface area contributed by atoms with Crippen molar-refractivity contribution in [2.24, 2.45) is 4.99 Å². The molecular formula is C19H36IN5S. The van der Waals surface area contributed by atoms with E-state index in [0.29, 0.717) is 12.1 Å². The number of hydrogen-bond acceptors (Lipinski definition) is 4. The Morgan fingerprint density at radius 3 is 2.50 bits per heavy atom. The lowest BCUT2D eigenvalue weighted by atomic mass is 9.93. The van der Waals surface area contributed by atoms with Crippen LogP contribution in [0.15, 0.2) is 10.4 Å². The Kier molecular flexibility index (Phi) is 9.82. The van der Waals surface area contributed by atoms with Gasteiger partial charge in [0.15, 0.2) is 5.96 Å². The fourth-order valence-corrected chi connectivity index (χ4v) is 4.03. The van der Waals surface area contributed by atoms with Crippen molar-refractivity contribution < 1.29 is 0 Å². The molecule has 0 spiro atoms. The summed E-state index contributed by atoms with van der Waals surface area (Å²) in [5, 5.41) is 10.4. The predicted octanol–water partition coefficient (Wildman–Crippen LogP) is 3.64. The third-order valence-corrected chi connectivity index (χ3v) is 5.68. The Hall–Kier alpha value is -0.410. The second kappa shape index (κ2) is 10.8. The average molecular weight is 494 g/mol. The van der Waals surface area contributed by atoms with E-state index in [2.05, 4.69) is 60.5 Å². The quantitative estimate of drug-likeness (QED) is 0.374. The van der Waals surface area contributed by atoms with E-state index < -0.39 is 0 Å². The molecule has 0 radical (unpaired) electrons. The van der Waals surface area contributed by atoms with Crippen LogP contribution in [-0.2, 0) is 11.8 Å². The molecule has 2 N–H and O–H groups in total. The standard InChI is InChI=1S/C19H35N5S.HI/c1-14(2)24-11-8-15(9-12-24)22-18(20-6)21-10-7-17-23-16(13-25-17)19(3,4)5;/h13-15H,7-12H2,1-6H3,(H2,20,21,22);1H. The SMILES string of the molecule is CN=C(NCCc1nc(C(C)(C)C)cs1)NC1CCN(C(C)C)CC1.I. The summed E-state index contributed by atoms with van der Waals surface area (Å²) in [5.74, 6) is 0.913. The molecule has 0 aliphatic carbocycles. The molecular weight excluding hydrogens is 457 g/mol. The van der Waals surface area contributed by atoms with E-state index in [1.807, 2.05) is 7.05 Å². The van der Waals surface area contributed by atoms with Gasteiger partial charge in [0.25, 0.3) is 0 Å². The smallest absolute Gasteiger partial charge is 0.191 e. The molecule has 0 atom stereocenters. The minimum Gasteiger partial charge on any atom is -0.356 e. The van der Waals surface area contributed by atoms with Crippen LogP contribution >= 0.6 is 35.3 Å². The van der Waals surface area contributed by atoms with E-state index in [1.54, 1.807) is 11.3 Å². The lowest BCUT2D eigenvalue weighted by Gasteiger charge is -2.35. The molecule has 0 saturated carbocycles. The van der Waals surface area contributed by atoms with Crippen molar-refractivity contribution in [1.29, 1.82) is 0 Å². The van der Waals surface area contributed by atoms with Gasteiger partial charge < -0.3 is 15.5 Å². The van der Waals surface area contributed by atoms with Crippen LogP contribution in [0.2, 0.25) is 0 Å². The van der Waals surface area contributed by atoms with Crippen molar-refractivity contribution in [3.8, 4) is 0 Å². The van der Waals surface area contributed by atoms with Gasteiger partial charge in [0.05, 0.1) is 10.7 Å². The van der Waals surface area contributed by atoms with Crippen LogP contribution < -0.4 is 10.6 Å². The molecule has 26 heavy (non-hydrogen) atoms. The van der Waals surface area contributed by atoms with E-state index in [0.717, 1.165) is 18.9 Å². The summed E-state index contributed by atoms with van der Waals surface area (Å²) in [6.07, 6.45) is 3.30. The lowest BCUT2D eigenvalue weighted by molar-refractivity contribution is 0.167. The van der Waals surface area contributed by atoms with Gasteiger partial charge in [0, 0.05) is 56.0 Å². The van der Waals surface area contributed by atoms with Crippen molar-refractivity contribution >= 4 is 41.3 Å². The molecule has 1 aromatic heterocycles. The Morgan fingerprint density at radius 2 is 2.00 bits per heavy atom. The second-order valence-electron chi connectivity index (χ2n) is 8.17. The van der Waals surface area contributed by atoms with E-state index in [9.17, 15) is 0 Å². The van der Waals surface area contributed by atoms with E-state index in [4.69, 9.17) is 4.98 Å². The van der Waals surface area contributed by atoms with Gasteiger partial charge in [-0.05, 0) is 26.7 Å². The van der Waals surface area contributed by atoms with Crippen LogP contribution in [0.1, 0.15) is 58.2 Å². The zero-order valence-corrected chi connectivity index (χ0v) is 20.3. The molecule has 0 unspecified atom stereocenters. The van der Waals surface area contributed by atoms with Crippen LogP contribution in [0, 0.1) is 0 Å². The maximum atomic E-state index is 4.76. The Balaban J connectivity index is 0.00000338. The minimum atomic E-state index is 0. The number of thiazole rings is 1. The molecule has 2 heterocycles. The summed E-state index contributed by atoms with van der Waals surface area (Å²) < 4.78 is 0. The molecule has 5 nitrogen and oxygen atoms in total. The number of hydrogen-bond donors (Lipinski definition) is 2. The van der Waals surface area contributed by atoms with Crippen LogP contribution in [0.4, 0.5) is 0 Å². The summed E-state index contributed by atoms with van der Waals surface area (Å²) in [7, 11) is 1.85. The van der Waals surface area contributed by atoms with Crippen molar-refractivity contribution in [2.75, 3.05) is 26.7 Å². The highest BCUT2D eigenvalue weighted by Crippen LogP contribution is 2.23. The van der Waals surface area contributed by atoms with Crippen LogP contribution in [0.25, 0.3) is 0 Å². The maximum absolute atomic E-state index is 4.76. The lowest BCUT2D eigenvalue weighted by Crippen LogP contribution is -2.50. The molecule has 150 valence electrons. The van der Waals surface area contributed by atoms with Gasteiger partial charge >= 0.3 is 0 Å². The van der Waals surface area contributed by atoms with Gasteiger partial charge in [-0.15, -0.1) is 35.3 Å². The van der Waals surface area contributed by atoms with E-state index >= 15 is 0 Å². The average Bonchev–Trinajstić information content (AvgIpc) is 3.03. The highest BCUT2D eigenvalue weighted by atomic mass is 127. The molecule has 1 aromatic rings. The monoisotopic (exact) mass is 493 g/mol. The minimum absolute atomic E-state index is 0. The normalized spacial score (nSPS) is 17.3. The zero-order chi connectivity index (χ0) is 18.4. The Morgan fingerprint density at radius 1 is 1.35 bits per heavy atom. The second-order valence-corrected chi connectivity index (χ2v) is 9.12. The Bertz CT molecular complexity index is 557. The summed E-state index contributed by atoms with van der Waals surface area (Å²) in [4.78, 5) is 11.7. The topological polar surface area (TPSA) is 52.6 Å². The molecule has 0 bridgehead atoms. The molecule has 1 aliphatic rings. The zero-order valence-electron chi connectivity index (χ0n) is 17.1. The van der Waals surface area contributed by atoms with Crippen molar-refractivity contribution in [2.45, 2.75) is 71.4 Å². The first kappa shape index (κ1) is 23.6. The first-order valence-electron chi connectivity index (χ1n) is 9.45. The van der Waals surface area contributed by atoms with Gasteiger partial charge in [0.2, 0.25) is 0 Å². The van der Waals surface area contributed by atoms with Gasteiger partial charge in [-0.1, -0.05) is 20.8 Å². The summed E-state index contributed by atoms with van der Waals surface area (Å²) in [6, 6.07) is 1.17. The largest absolute Gasteiger partial charge is 0.356 e. The fraction of sp³-hybridized carbons (Fsp3) is 0.789. The first-order valence-corrected chi connectivity index (χ1v) is 10.3. The summed E-state index contributed by atoms with van der Waals surface area (Å²) >= 11 is 1.76. The van der Waals surface area contributed by atoms with Crippen molar-refractivity contribution in [3.05, 3.63) is 16.1 Å². The molecule has 1 aliphatic heterocycles. The third-order valence-electron chi connectivity index (χ3n) is 4.78. The molecule has 7 heteroatoms. The summed E-state index contributed by atoms with van der Waals surface area (Å²) in [5.41, 5.74) is 1.32. The number of nitrogens with zero attached hydrogens (tertiary/aromatic N) is 3. The van der Waals surface area contributed by atoms with Crippen LogP contribution in [0.5, 0.6) is 0 Å². The highest BCUT2D eigenvalue weighted by molar-refractivity contribution is 14.0. The van der Waals surface area contributed by atoms with E-state index in [1.165, 1.54) is 36.6 Å². The number of nitrogens with one attached hydrogen (secondary N) is 2. The fourth-order valence-electron chi connectivity index (χ4n) is 3.01. The van der Waals surface area contributed by atoms with Crippen LogP contribution in [-0.4, -0.2) is 54.6 Å². The molecule has 1 saturated heterocycles. The number of piperidine rings is 1. The van der Waals surface area contributed by atoms with Crippen molar-refractivity contribution in [3.63, 3.8) is 0 Å². The number of aliphatic imine (C=N–C) groups is 1. The first-order chi connectivity index (χ1) is 11.8. The van der Waals surface area contributed by atoms with Crippen LogP contribution in [0.3, 0.4) is 0 Å². The number of rotatable bonds is 5. The molecule has 1 fully saturated rings. The van der Waals surface area contributed by atoms with Crippen molar-refractivity contribution in [1.82, 2.24) is 20.5 Å². The highest BCUT2D eigenvalue weighted by Gasteiger charge is 2.21. The van der Waals surface area contributed by atoms with Gasteiger partial charge in [-0.2, -0.15) is 0 Å². The van der Waals surface area contributed by atoms with Gasteiger partial charge in [-0.25, -0.2) is 4.98 Å². The van der Waals surface area contributed by atoms with Gasteiger partial charge in [-0.3, -0.25) is 4.99 Å². The Labute approximate surface area is 180 Å². The number of likely N-dealkylation sites (tertiary alicyclic amines) is 1. The molecule has 0 aromatic carbocycles. The summed E-state index contributed by atoms with van der Waals surface area (Å²) in [6.45, 7) is 14.4.